The molecule has 0 fully saturated rings. The van der Waals surface area contributed by atoms with Gasteiger partial charge >= 0.3 is 0 Å². The predicted octanol–water partition coefficient (Wildman–Crippen LogP) is 1.18. The van der Waals surface area contributed by atoms with Crippen LogP contribution in [0.2, 0.25) is 0 Å². The Labute approximate surface area is 110 Å². The molecule has 0 radical (unpaired) electrons. The number of carbonyl (C=O) groups is 1. The molecule has 1 N–H and O–H groups in total. The lowest BCUT2D eigenvalue weighted by Crippen LogP contribution is -2.10. The zero-order valence-electron chi connectivity index (χ0n) is 10.2. The van der Waals surface area contributed by atoms with Crippen LogP contribution in [0.5, 0.6) is 0 Å². The second kappa shape index (κ2) is 5.02. The molecule has 0 atom stereocenters. The Hall–Kier alpha value is -1.86. The number of carbonyl (C=O) groups excluding carboxylic acids is 1. The second-order valence-electron chi connectivity index (χ2n) is 4.03. The number of allylic oxidation sites excluding steroid dienone is 1. The van der Waals surface area contributed by atoms with Crippen molar-refractivity contribution in [3.05, 3.63) is 35.5 Å². The zero-order chi connectivity index (χ0) is 14.0. The van der Waals surface area contributed by atoms with E-state index in [1.54, 1.807) is 6.92 Å². The van der Waals surface area contributed by atoms with Crippen molar-refractivity contribution >= 4 is 21.3 Å². The van der Waals surface area contributed by atoms with Gasteiger partial charge in [0.25, 0.3) is 5.91 Å². The number of benzene rings is 1. The number of sulfone groups is 1. The van der Waals surface area contributed by atoms with Gasteiger partial charge in [0.05, 0.1) is 28.5 Å². The van der Waals surface area contributed by atoms with Gasteiger partial charge in [-0.2, -0.15) is 5.11 Å². The van der Waals surface area contributed by atoms with E-state index >= 15 is 0 Å². The number of rotatable bonds is 4. The molecule has 6 nitrogen and oxygen atoms in total. The van der Waals surface area contributed by atoms with Crippen molar-refractivity contribution in [1.29, 1.82) is 0 Å². The van der Waals surface area contributed by atoms with E-state index in [1.165, 1.54) is 24.3 Å². The molecule has 0 spiro atoms. The van der Waals surface area contributed by atoms with Gasteiger partial charge in [0, 0.05) is 0 Å². The highest BCUT2D eigenvalue weighted by molar-refractivity contribution is 7.91. The Morgan fingerprint density at radius 2 is 1.79 bits per heavy atom. The molecule has 0 aliphatic carbocycles. The monoisotopic (exact) mass is 280 g/mol. The van der Waals surface area contributed by atoms with E-state index in [9.17, 15) is 13.2 Å². The first-order chi connectivity index (χ1) is 8.95. The van der Waals surface area contributed by atoms with Gasteiger partial charge < -0.3 is 5.11 Å². The summed E-state index contributed by atoms with van der Waals surface area (Å²) in [7, 11) is -3.48. The number of azo groups is 1. The average molecular weight is 280 g/mol. The van der Waals surface area contributed by atoms with Gasteiger partial charge in [0.1, 0.15) is 0 Å². The van der Waals surface area contributed by atoms with Crippen LogP contribution in [0.25, 0.3) is 5.57 Å². The van der Waals surface area contributed by atoms with E-state index in [2.05, 4.69) is 10.2 Å². The van der Waals surface area contributed by atoms with Crippen molar-refractivity contribution in [2.45, 2.75) is 11.8 Å². The fraction of sp³-hybridized carbons (Fsp3) is 0.250. The highest BCUT2D eigenvalue weighted by Crippen LogP contribution is 2.27. The van der Waals surface area contributed by atoms with Crippen LogP contribution in [-0.2, 0) is 14.6 Å². The van der Waals surface area contributed by atoms with Crippen LogP contribution >= 0.6 is 0 Å². The molecule has 0 aromatic heterocycles. The van der Waals surface area contributed by atoms with Gasteiger partial charge in [-0.1, -0.05) is 12.1 Å². The molecule has 7 heteroatoms. The maximum atomic E-state index is 11.7. The third kappa shape index (κ3) is 2.61. The quantitative estimate of drug-likeness (QED) is 0.895. The molecule has 1 aliphatic rings. The van der Waals surface area contributed by atoms with Crippen LogP contribution in [0.1, 0.15) is 12.5 Å². The summed E-state index contributed by atoms with van der Waals surface area (Å²) >= 11 is 0. The van der Waals surface area contributed by atoms with Crippen LogP contribution in [0.4, 0.5) is 0 Å². The van der Waals surface area contributed by atoms with Crippen LogP contribution in [0, 0.1) is 0 Å². The molecule has 0 saturated carbocycles. The van der Waals surface area contributed by atoms with Crippen molar-refractivity contribution < 1.29 is 18.3 Å². The SMILES string of the molecule is CC1=C(c2ccc(S(=O)(=O)CCO)cc2)C(=O)N=N1. The van der Waals surface area contributed by atoms with Gasteiger partial charge in [-0.15, -0.1) is 5.11 Å². The number of hydrogen-bond acceptors (Lipinski definition) is 5. The topological polar surface area (TPSA) is 96.2 Å². The molecule has 1 aromatic carbocycles. The number of hydrogen-bond donors (Lipinski definition) is 1. The summed E-state index contributed by atoms with van der Waals surface area (Å²) in [4.78, 5) is 11.6. The molecule has 19 heavy (non-hydrogen) atoms. The Morgan fingerprint density at radius 1 is 1.16 bits per heavy atom. The molecule has 0 unspecified atom stereocenters. The van der Waals surface area contributed by atoms with E-state index in [1.807, 2.05) is 0 Å². The van der Waals surface area contributed by atoms with Crippen molar-refractivity contribution in [1.82, 2.24) is 0 Å². The average Bonchev–Trinajstić information content (AvgIpc) is 2.69. The van der Waals surface area contributed by atoms with Crippen molar-refractivity contribution in [2.24, 2.45) is 10.2 Å². The van der Waals surface area contributed by atoms with Gasteiger partial charge in [0.15, 0.2) is 9.84 Å². The first kappa shape index (κ1) is 13.6. The van der Waals surface area contributed by atoms with Crippen molar-refractivity contribution in [3.63, 3.8) is 0 Å². The number of amides is 1. The maximum Gasteiger partial charge on any atom is 0.297 e. The van der Waals surface area contributed by atoms with E-state index < -0.39 is 22.4 Å². The van der Waals surface area contributed by atoms with Crippen LogP contribution in [0.3, 0.4) is 0 Å². The molecule has 1 aliphatic heterocycles. The minimum atomic E-state index is -3.48. The summed E-state index contributed by atoms with van der Waals surface area (Å²) in [6, 6.07) is 5.90. The smallest absolute Gasteiger partial charge is 0.297 e. The third-order valence-electron chi connectivity index (χ3n) is 2.73. The molecule has 0 bridgehead atoms. The molecule has 0 saturated heterocycles. The fourth-order valence-electron chi connectivity index (χ4n) is 1.77. The molecular weight excluding hydrogens is 268 g/mol. The number of aliphatic hydroxyl groups excluding tert-OH is 1. The van der Waals surface area contributed by atoms with Crippen LogP contribution in [-0.4, -0.2) is 31.8 Å². The first-order valence-electron chi connectivity index (χ1n) is 5.57. The Balaban J connectivity index is 2.35. The summed E-state index contributed by atoms with van der Waals surface area (Å²) < 4.78 is 23.4. The van der Waals surface area contributed by atoms with Gasteiger partial charge in [0.2, 0.25) is 0 Å². The lowest BCUT2D eigenvalue weighted by molar-refractivity contribution is -0.112. The highest BCUT2D eigenvalue weighted by atomic mass is 32.2. The van der Waals surface area contributed by atoms with E-state index in [0.717, 1.165) is 0 Å². The molecule has 100 valence electrons. The van der Waals surface area contributed by atoms with Gasteiger partial charge in [-0.05, 0) is 24.6 Å². The lowest BCUT2D eigenvalue weighted by Gasteiger charge is -2.05. The Kier molecular flexibility index (Phi) is 3.59. The summed E-state index contributed by atoms with van der Waals surface area (Å²) in [6.45, 7) is 1.24. The van der Waals surface area contributed by atoms with Gasteiger partial charge in [-0.25, -0.2) is 8.42 Å². The van der Waals surface area contributed by atoms with E-state index in [0.29, 0.717) is 16.8 Å². The minimum Gasteiger partial charge on any atom is -0.395 e. The molecular formula is C12H12N2O4S. The highest BCUT2D eigenvalue weighted by Gasteiger charge is 2.21. The minimum absolute atomic E-state index is 0.114. The lowest BCUT2D eigenvalue weighted by atomic mass is 10.0. The molecule has 1 aromatic rings. The summed E-state index contributed by atoms with van der Waals surface area (Å²) in [5, 5.41) is 15.8. The van der Waals surface area contributed by atoms with Crippen LogP contribution < -0.4 is 0 Å². The fourth-order valence-corrected chi connectivity index (χ4v) is 2.80. The van der Waals surface area contributed by atoms with E-state index in [4.69, 9.17) is 5.11 Å². The van der Waals surface area contributed by atoms with E-state index in [-0.39, 0.29) is 10.6 Å². The number of aliphatic hydroxyl groups is 1. The molecule has 2 rings (SSSR count). The molecule has 1 amide bonds. The Morgan fingerprint density at radius 3 is 2.26 bits per heavy atom. The van der Waals surface area contributed by atoms with Crippen molar-refractivity contribution in [2.75, 3.05) is 12.4 Å². The molecule has 1 heterocycles. The third-order valence-corrected chi connectivity index (χ3v) is 4.44. The normalized spacial score (nSPS) is 15.4. The zero-order valence-corrected chi connectivity index (χ0v) is 11.0. The van der Waals surface area contributed by atoms with Crippen molar-refractivity contribution in [3.8, 4) is 0 Å². The second-order valence-corrected chi connectivity index (χ2v) is 6.14. The maximum absolute atomic E-state index is 11.7. The Bertz CT molecular complexity index is 672. The summed E-state index contributed by atoms with van der Waals surface area (Å²) in [5.41, 5.74) is 1.47. The summed E-state index contributed by atoms with van der Waals surface area (Å²) in [5.74, 6) is -0.749. The predicted molar refractivity (Wildman–Crippen MR) is 68.0 cm³/mol. The van der Waals surface area contributed by atoms with Crippen LogP contribution in [0.15, 0.2) is 45.1 Å². The largest absolute Gasteiger partial charge is 0.395 e. The standard InChI is InChI=1S/C12H12N2O4S/c1-8-11(12(16)14-13-8)9-2-4-10(5-3-9)19(17,18)7-6-15/h2-5,15H,6-7H2,1H3. The summed E-state index contributed by atoms with van der Waals surface area (Å²) in [6.07, 6.45) is 0. The number of nitrogens with zero attached hydrogens (tertiary/aromatic N) is 2. The first-order valence-corrected chi connectivity index (χ1v) is 7.22. The van der Waals surface area contributed by atoms with Gasteiger partial charge in [-0.3, -0.25) is 4.79 Å².